The number of alkyl halides is 3. The minimum absolute atomic E-state index is 0. The molecule has 1 aromatic heterocycles. The molecule has 1 heterocycles. The molecule has 76 valence electrons. The Morgan fingerprint density at radius 2 is 1.93 bits per heavy atom. The topological polar surface area (TPSA) is 47.3 Å². The third-order valence-electron chi connectivity index (χ3n) is 1.31. The van der Waals surface area contributed by atoms with E-state index < -0.39 is 17.7 Å². The SMILES string of the molecule is O=C([CH-]C(=O)C(F)(F)F)c1ccco1.[Na+]. The van der Waals surface area contributed by atoms with E-state index in [0.717, 1.165) is 6.26 Å². The molecule has 0 saturated heterocycles. The van der Waals surface area contributed by atoms with Crippen LogP contribution in [0, 0.1) is 6.42 Å². The molecule has 0 unspecified atom stereocenters. The molecule has 0 aliphatic heterocycles. The summed E-state index contributed by atoms with van der Waals surface area (Å²) >= 11 is 0. The van der Waals surface area contributed by atoms with Gasteiger partial charge in [-0.3, -0.25) is 0 Å². The number of Topliss-reactive ketones (excluding diaryl/α,β-unsaturated/α-hetero) is 2. The van der Waals surface area contributed by atoms with Crippen LogP contribution in [0.15, 0.2) is 22.8 Å². The number of hydrogen-bond acceptors (Lipinski definition) is 3. The maximum atomic E-state index is 11.7. The monoisotopic (exact) mass is 228 g/mol. The van der Waals surface area contributed by atoms with Crippen LogP contribution in [0.5, 0.6) is 0 Å². The average molecular weight is 228 g/mol. The van der Waals surface area contributed by atoms with Crippen LogP contribution < -0.4 is 29.6 Å². The summed E-state index contributed by atoms with van der Waals surface area (Å²) in [6.45, 7) is 0. The van der Waals surface area contributed by atoms with Crippen LogP contribution in [-0.2, 0) is 4.79 Å². The molecule has 1 aromatic rings. The summed E-state index contributed by atoms with van der Waals surface area (Å²) in [7, 11) is 0. The van der Waals surface area contributed by atoms with Crippen LogP contribution in [0.2, 0.25) is 0 Å². The molecule has 0 radical (unpaired) electrons. The first-order chi connectivity index (χ1) is 6.41. The molecule has 1 rings (SSSR count). The Labute approximate surface area is 105 Å². The molecule has 0 bridgehead atoms. The summed E-state index contributed by atoms with van der Waals surface area (Å²) in [5, 5.41) is 0. The van der Waals surface area contributed by atoms with Crippen molar-refractivity contribution < 1.29 is 56.7 Å². The number of carbonyl (C=O) groups excluding carboxylic acids is 2. The molecule has 3 nitrogen and oxygen atoms in total. The van der Waals surface area contributed by atoms with E-state index in [1.54, 1.807) is 0 Å². The van der Waals surface area contributed by atoms with Crippen LogP contribution in [0.1, 0.15) is 10.6 Å². The summed E-state index contributed by atoms with van der Waals surface area (Å²) in [5.74, 6) is -3.60. The fraction of sp³-hybridized carbons (Fsp3) is 0.125. The first-order valence-electron chi connectivity index (χ1n) is 3.45. The van der Waals surface area contributed by atoms with Crippen LogP contribution in [0.3, 0.4) is 0 Å². The van der Waals surface area contributed by atoms with Crippen LogP contribution in [-0.4, -0.2) is 17.7 Å². The molecule has 7 heteroatoms. The van der Waals surface area contributed by atoms with Crippen LogP contribution in [0.4, 0.5) is 13.2 Å². The summed E-state index contributed by atoms with van der Waals surface area (Å²) < 4.78 is 39.6. The zero-order chi connectivity index (χ0) is 10.8. The second-order valence-corrected chi connectivity index (χ2v) is 2.35. The van der Waals surface area contributed by atoms with Gasteiger partial charge in [0.15, 0.2) is 5.78 Å². The molecule has 0 aliphatic rings. The summed E-state index contributed by atoms with van der Waals surface area (Å²) in [4.78, 5) is 21.2. The van der Waals surface area contributed by atoms with Crippen LogP contribution in [0.25, 0.3) is 0 Å². The summed E-state index contributed by atoms with van der Waals surface area (Å²) in [5.41, 5.74) is 0. The number of rotatable bonds is 3. The van der Waals surface area contributed by atoms with Crippen molar-refractivity contribution in [2.75, 3.05) is 0 Å². The molecule has 0 atom stereocenters. The number of ketones is 2. The number of halogens is 3. The second-order valence-electron chi connectivity index (χ2n) is 2.35. The van der Waals surface area contributed by atoms with Gasteiger partial charge in [-0.1, -0.05) is 6.07 Å². The van der Waals surface area contributed by atoms with Crippen molar-refractivity contribution in [3.8, 4) is 0 Å². The van der Waals surface area contributed by atoms with Crippen molar-refractivity contribution in [2.24, 2.45) is 0 Å². The second kappa shape index (κ2) is 5.39. The van der Waals surface area contributed by atoms with Gasteiger partial charge in [0, 0.05) is 5.76 Å². The van der Waals surface area contributed by atoms with Gasteiger partial charge in [0.2, 0.25) is 0 Å². The standard InChI is InChI=1S/C8H4F3O3.Na/c9-8(10,11)7(13)4-5(12)6-2-1-3-14-6;/h1-4H;/q-1;+1. The van der Waals surface area contributed by atoms with Gasteiger partial charge in [-0.2, -0.15) is 13.2 Å². The van der Waals surface area contributed by atoms with E-state index >= 15 is 0 Å². The fourth-order valence-electron chi connectivity index (χ4n) is 0.691. The average Bonchev–Trinajstić information content (AvgIpc) is 2.53. The van der Waals surface area contributed by atoms with Gasteiger partial charge in [-0.15, -0.1) is 6.42 Å². The third kappa shape index (κ3) is 4.11. The molecule has 0 aliphatic carbocycles. The molecule has 15 heavy (non-hydrogen) atoms. The Morgan fingerprint density at radius 3 is 2.33 bits per heavy atom. The Hall–Kier alpha value is -0.720. The molecule has 0 N–H and O–H groups in total. The van der Waals surface area contributed by atoms with Crippen molar-refractivity contribution in [1.82, 2.24) is 0 Å². The van der Waals surface area contributed by atoms with E-state index in [0.29, 0.717) is 0 Å². The molecule has 0 saturated carbocycles. The van der Waals surface area contributed by atoms with E-state index in [4.69, 9.17) is 0 Å². The zero-order valence-corrected chi connectivity index (χ0v) is 9.67. The third-order valence-corrected chi connectivity index (χ3v) is 1.31. The van der Waals surface area contributed by atoms with Crippen LogP contribution >= 0.6 is 0 Å². The van der Waals surface area contributed by atoms with E-state index in [1.165, 1.54) is 12.1 Å². The van der Waals surface area contributed by atoms with Gasteiger partial charge >= 0.3 is 35.7 Å². The maximum absolute atomic E-state index is 11.7. The van der Waals surface area contributed by atoms with Gasteiger partial charge < -0.3 is 14.0 Å². The maximum Gasteiger partial charge on any atom is 1.00 e. The Balaban J connectivity index is 0.00000196. The van der Waals surface area contributed by atoms with E-state index in [2.05, 4.69) is 4.42 Å². The first kappa shape index (κ1) is 14.3. The van der Waals surface area contributed by atoms with Gasteiger partial charge in [-0.25, -0.2) is 0 Å². The van der Waals surface area contributed by atoms with Gasteiger partial charge in [-0.05, 0) is 6.07 Å². The van der Waals surface area contributed by atoms with E-state index in [-0.39, 0.29) is 41.7 Å². The molecule has 0 spiro atoms. The Morgan fingerprint density at radius 1 is 1.33 bits per heavy atom. The number of furan rings is 1. The Kier molecular flexibility index (Phi) is 5.13. The van der Waals surface area contributed by atoms with Crippen molar-refractivity contribution in [3.63, 3.8) is 0 Å². The minimum Gasteiger partial charge on any atom is -0.548 e. The summed E-state index contributed by atoms with van der Waals surface area (Å²) in [6.07, 6.45) is -3.94. The Bertz CT molecular complexity index is 343. The molecule has 0 amide bonds. The van der Waals surface area contributed by atoms with Gasteiger partial charge in [0.1, 0.15) is 0 Å². The predicted molar refractivity (Wildman–Crippen MR) is 38.4 cm³/mol. The zero-order valence-electron chi connectivity index (χ0n) is 7.67. The molecular weight excluding hydrogens is 224 g/mol. The van der Waals surface area contributed by atoms with Gasteiger partial charge in [0.05, 0.1) is 12.0 Å². The molecular formula is C8H4F3NaO3. The summed E-state index contributed by atoms with van der Waals surface area (Å²) in [6, 6.07) is 2.50. The van der Waals surface area contributed by atoms with Crippen molar-refractivity contribution >= 4 is 11.6 Å². The minimum atomic E-state index is -5.03. The predicted octanol–water partition coefficient (Wildman–Crippen LogP) is -1.20. The first-order valence-corrected chi connectivity index (χ1v) is 3.45. The quantitative estimate of drug-likeness (QED) is 0.282. The van der Waals surface area contributed by atoms with Crippen molar-refractivity contribution in [3.05, 3.63) is 30.6 Å². The normalized spacial score (nSPS) is 10.3. The fourth-order valence-corrected chi connectivity index (χ4v) is 0.691. The molecule has 0 fully saturated rings. The van der Waals surface area contributed by atoms with E-state index in [9.17, 15) is 22.8 Å². The van der Waals surface area contributed by atoms with Crippen molar-refractivity contribution in [1.29, 1.82) is 0 Å². The van der Waals surface area contributed by atoms with Gasteiger partial charge in [0.25, 0.3) is 0 Å². The molecule has 0 aromatic carbocycles. The number of hydrogen-bond donors (Lipinski definition) is 0. The smallest absolute Gasteiger partial charge is 0.548 e. The van der Waals surface area contributed by atoms with E-state index in [1.807, 2.05) is 0 Å². The largest absolute Gasteiger partial charge is 1.00 e. The number of carbonyl (C=O) groups is 2. The van der Waals surface area contributed by atoms with Crippen molar-refractivity contribution in [2.45, 2.75) is 6.18 Å².